The zero-order valence-electron chi connectivity index (χ0n) is 13.2. The van der Waals surface area contributed by atoms with Crippen LogP contribution in [0.3, 0.4) is 0 Å². The number of anilines is 1. The summed E-state index contributed by atoms with van der Waals surface area (Å²) in [7, 11) is -3.29. The molecule has 0 fully saturated rings. The summed E-state index contributed by atoms with van der Waals surface area (Å²) >= 11 is 0. The van der Waals surface area contributed by atoms with E-state index in [4.69, 9.17) is 4.42 Å². The second kappa shape index (κ2) is 6.09. The highest BCUT2D eigenvalue weighted by molar-refractivity contribution is 7.91. The van der Waals surface area contributed by atoms with Crippen molar-refractivity contribution in [2.45, 2.75) is 18.7 Å². The van der Waals surface area contributed by atoms with E-state index in [0.717, 1.165) is 0 Å². The third-order valence-electron chi connectivity index (χ3n) is 3.53. The Labute approximate surface area is 139 Å². The van der Waals surface area contributed by atoms with E-state index in [9.17, 15) is 13.2 Å². The molecule has 24 heavy (non-hydrogen) atoms. The number of fused-ring (bicyclic) bond motifs is 1. The van der Waals surface area contributed by atoms with Crippen LogP contribution < -0.4 is 5.32 Å². The molecule has 3 aromatic rings. The number of carbonyl (C=O) groups excluding carboxylic acids is 1. The van der Waals surface area contributed by atoms with Crippen molar-refractivity contribution < 1.29 is 17.6 Å². The number of aromatic nitrogens is 1. The average molecular weight is 344 g/mol. The van der Waals surface area contributed by atoms with E-state index in [1.807, 2.05) is 0 Å². The molecule has 6 nitrogen and oxygen atoms in total. The molecule has 1 N–H and O–H groups in total. The highest BCUT2D eigenvalue weighted by Crippen LogP contribution is 2.27. The molecule has 1 amide bonds. The molecule has 0 bridgehead atoms. The Morgan fingerprint density at radius 3 is 2.71 bits per heavy atom. The van der Waals surface area contributed by atoms with Gasteiger partial charge in [0.15, 0.2) is 15.4 Å². The number of benzene rings is 2. The predicted octanol–water partition coefficient (Wildman–Crippen LogP) is 3.25. The Bertz CT molecular complexity index is 1020. The molecule has 124 valence electrons. The minimum absolute atomic E-state index is 0.0297. The molecule has 1 aromatic heterocycles. The fourth-order valence-electron chi connectivity index (χ4n) is 2.32. The van der Waals surface area contributed by atoms with Crippen LogP contribution in [0.1, 0.15) is 13.8 Å². The summed E-state index contributed by atoms with van der Waals surface area (Å²) in [6, 6.07) is 11.7. The zero-order chi connectivity index (χ0) is 17.3. The topological polar surface area (TPSA) is 89.3 Å². The van der Waals surface area contributed by atoms with Crippen molar-refractivity contribution in [1.82, 2.24) is 4.98 Å². The van der Waals surface area contributed by atoms with Crippen LogP contribution in [0.4, 0.5) is 5.69 Å². The standard InChI is InChI=1S/C17H16N2O4S/c1-3-24(21,22)14-7-8-16-15(10-14)19-17(23-16)12-5-4-6-13(9-12)18-11(2)20/h4-10H,3H2,1-2H3,(H,18,20). The quantitative estimate of drug-likeness (QED) is 0.785. The van der Waals surface area contributed by atoms with Gasteiger partial charge >= 0.3 is 0 Å². The van der Waals surface area contributed by atoms with Gasteiger partial charge in [0.05, 0.1) is 10.6 Å². The van der Waals surface area contributed by atoms with Crippen molar-refractivity contribution in [3.8, 4) is 11.5 Å². The number of nitrogens with one attached hydrogen (secondary N) is 1. The summed E-state index contributed by atoms with van der Waals surface area (Å²) in [5, 5.41) is 2.70. The molecule has 2 aromatic carbocycles. The lowest BCUT2D eigenvalue weighted by atomic mass is 10.2. The van der Waals surface area contributed by atoms with Gasteiger partial charge in [-0.15, -0.1) is 0 Å². The van der Waals surface area contributed by atoms with Crippen LogP contribution in [-0.4, -0.2) is 25.1 Å². The van der Waals surface area contributed by atoms with Gasteiger partial charge in [-0.25, -0.2) is 13.4 Å². The number of amides is 1. The second-order valence-electron chi connectivity index (χ2n) is 5.31. The molecule has 7 heteroatoms. The summed E-state index contributed by atoms with van der Waals surface area (Å²) < 4.78 is 29.6. The van der Waals surface area contributed by atoms with Crippen molar-refractivity contribution in [3.05, 3.63) is 42.5 Å². The van der Waals surface area contributed by atoms with Gasteiger partial charge < -0.3 is 9.73 Å². The first-order chi connectivity index (χ1) is 11.4. The molecule has 0 aliphatic rings. The first kappa shape index (κ1) is 16.2. The molecule has 0 radical (unpaired) electrons. The van der Waals surface area contributed by atoms with Crippen LogP contribution in [-0.2, 0) is 14.6 Å². The number of oxazole rings is 1. The smallest absolute Gasteiger partial charge is 0.227 e. The average Bonchev–Trinajstić information content (AvgIpc) is 2.97. The molecular weight excluding hydrogens is 328 g/mol. The van der Waals surface area contributed by atoms with Crippen LogP contribution in [0.25, 0.3) is 22.6 Å². The number of sulfone groups is 1. The van der Waals surface area contributed by atoms with Gasteiger partial charge in [0.2, 0.25) is 11.8 Å². The van der Waals surface area contributed by atoms with Gasteiger partial charge in [0, 0.05) is 18.2 Å². The maximum atomic E-state index is 12.0. The van der Waals surface area contributed by atoms with Crippen molar-refractivity contribution in [2.75, 3.05) is 11.1 Å². The molecular formula is C17H16N2O4S. The Kier molecular flexibility index (Phi) is 4.11. The Morgan fingerprint density at radius 2 is 2.00 bits per heavy atom. The minimum Gasteiger partial charge on any atom is -0.436 e. The van der Waals surface area contributed by atoms with Crippen molar-refractivity contribution in [3.63, 3.8) is 0 Å². The molecule has 1 heterocycles. The number of nitrogens with zero attached hydrogens (tertiary/aromatic N) is 1. The monoisotopic (exact) mass is 344 g/mol. The summed E-state index contributed by atoms with van der Waals surface area (Å²) in [6.07, 6.45) is 0. The van der Waals surface area contributed by atoms with Gasteiger partial charge in [-0.3, -0.25) is 4.79 Å². The number of hydrogen-bond donors (Lipinski definition) is 1. The molecule has 3 rings (SSSR count). The Balaban J connectivity index is 2.04. The second-order valence-corrected chi connectivity index (χ2v) is 7.59. The third kappa shape index (κ3) is 3.16. The fourth-order valence-corrected chi connectivity index (χ4v) is 3.22. The van der Waals surface area contributed by atoms with Gasteiger partial charge in [-0.2, -0.15) is 0 Å². The molecule has 0 unspecified atom stereocenters. The van der Waals surface area contributed by atoms with E-state index in [1.54, 1.807) is 37.3 Å². The van der Waals surface area contributed by atoms with E-state index in [-0.39, 0.29) is 16.6 Å². The highest BCUT2D eigenvalue weighted by Gasteiger charge is 2.15. The minimum atomic E-state index is -3.29. The largest absolute Gasteiger partial charge is 0.436 e. The van der Waals surface area contributed by atoms with Crippen molar-refractivity contribution in [2.24, 2.45) is 0 Å². The summed E-state index contributed by atoms with van der Waals surface area (Å²) in [6.45, 7) is 3.03. The molecule has 0 saturated carbocycles. The first-order valence-corrected chi connectivity index (χ1v) is 9.05. The molecule has 0 aliphatic heterocycles. The van der Waals surface area contributed by atoms with Crippen LogP contribution in [0.15, 0.2) is 51.8 Å². The summed E-state index contributed by atoms with van der Waals surface area (Å²) in [4.78, 5) is 15.7. The lowest BCUT2D eigenvalue weighted by molar-refractivity contribution is -0.114. The maximum Gasteiger partial charge on any atom is 0.227 e. The lowest BCUT2D eigenvalue weighted by Gasteiger charge is -2.02. The fraction of sp³-hybridized carbons (Fsp3) is 0.176. The summed E-state index contributed by atoms with van der Waals surface area (Å²) in [5.41, 5.74) is 2.31. The van der Waals surface area contributed by atoms with Gasteiger partial charge in [-0.05, 0) is 36.4 Å². The van der Waals surface area contributed by atoms with Crippen LogP contribution in [0, 0.1) is 0 Å². The summed E-state index contributed by atoms with van der Waals surface area (Å²) in [5.74, 6) is 0.226. The van der Waals surface area contributed by atoms with Crippen molar-refractivity contribution >= 4 is 32.5 Å². The normalized spacial score (nSPS) is 11.6. The van der Waals surface area contributed by atoms with Gasteiger partial charge in [-0.1, -0.05) is 13.0 Å². The molecule has 0 saturated heterocycles. The SMILES string of the molecule is CCS(=O)(=O)c1ccc2oc(-c3cccc(NC(C)=O)c3)nc2c1. The maximum absolute atomic E-state index is 12.0. The first-order valence-electron chi connectivity index (χ1n) is 7.40. The Morgan fingerprint density at radius 1 is 1.21 bits per heavy atom. The van der Waals surface area contributed by atoms with E-state index in [2.05, 4.69) is 10.3 Å². The van der Waals surface area contributed by atoms with Gasteiger partial charge in [0.25, 0.3) is 0 Å². The third-order valence-corrected chi connectivity index (χ3v) is 5.26. The van der Waals surface area contributed by atoms with E-state index in [0.29, 0.717) is 28.2 Å². The molecule has 0 spiro atoms. The molecule has 0 aliphatic carbocycles. The van der Waals surface area contributed by atoms with E-state index in [1.165, 1.54) is 19.1 Å². The van der Waals surface area contributed by atoms with Crippen molar-refractivity contribution in [1.29, 1.82) is 0 Å². The predicted molar refractivity (Wildman–Crippen MR) is 91.5 cm³/mol. The lowest BCUT2D eigenvalue weighted by Crippen LogP contribution is -2.05. The van der Waals surface area contributed by atoms with E-state index >= 15 is 0 Å². The van der Waals surface area contributed by atoms with Crippen LogP contribution >= 0.6 is 0 Å². The number of hydrogen-bond acceptors (Lipinski definition) is 5. The van der Waals surface area contributed by atoms with Gasteiger partial charge in [0.1, 0.15) is 5.52 Å². The molecule has 0 atom stereocenters. The zero-order valence-corrected chi connectivity index (χ0v) is 14.1. The highest BCUT2D eigenvalue weighted by atomic mass is 32.2. The van der Waals surface area contributed by atoms with E-state index < -0.39 is 9.84 Å². The number of rotatable bonds is 4. The Hall–Kier alpha value is -2.67. The van der Waals surface area contributed by atoms with Crippen LogP contribution in [0.2, 0.25) is 0 Å². The van der Waals surface area contributed by atoms with Crippen LogP contribution in [0.5, 0.6) is 0 Å². The number of carbonyl (C=O) groups is 1.